The molecule has 0 aliphatic carbocycles. The molecule has 0 aromatic carbocycles. The van der Waals surface area contributed by atoms with E-state index in [-0.39, 0.29) is 6.42 Å². The number of H-pyrrole nitrogens is 1. The van der Waals surface area contributed by atoms with Gasteiger partial charge in [0.15, 0.2) is 0 Å². The average molecular weight is 472 g/mol. The fourth-order valence-corrected chi connectivity index (χ4v) is 3.05. The van der Waals surface area contributed by atoms with Gasteiger partial charge >= 0.3 is 5.97 Å². The molecule has 1 aromatic rings. The SMILES string of the molecule is CSCCC(N)C(=O)NC(C)C(=O)NC(Cc1cnc[nH]1)C(=O)NC(CC(N)=O)C(=O)O. The molecule has 0 fully saturated rings. The summed E-state index contributed by atoms with van der Waals surface area (Å²) < 4.78 is 0. The first-order valence-electron chi connectivity index (χ1n) is 9.69. The topological polar surface area (TPSA) is 222 Å². The predicted molar refractivity (Wildman–Crippen MR) is 116 cm³/mol. The largest absolute Gasteiger partial charge is 0.480 e. The number of carboxylic acids is 1. The highest BCUT2D eigenvalue weighted by atomic mass is 32.2. The molecule has 32 heavy (non-hydrogen) atoms. The van der Waals surface area contributed by atoms with Crippen LogP contribution in [0.25, 0.3) is 0 Å². The van der Waals surface area contributed by atoms with Crippen LogP contribution in [0.15, 0.2) is 12.5 Å². The fourth-order valence-electron chi connectivity index (χ4n) is 2.56. The summed E-state index contributed by atoms with van der Waals surface area (Å²) in [4.78, 5) is 66.4. The molecular formula is C18H29N7O6S. The van der Waals surface area contributed by atoms with Crippen molar-refractivity contribution in [1.29, 1.82) is 0 Å². The van der Waals surface area contributed by atoms with E-state index in [0.29, 0.717) is 17.9 Å². The van der Waals surface area contributed by atoms with Crippen molar-refractivity contribution in [2.45, 2.75) is 50.4 Å². The Balaban J connectivity index is 2.85. The number of hydrogen-bond acceptors (Lipinski definition) is 8. The van der Waals surface area contributed by atoms with Gasteiger partial charge in [-0.3, -0.25) is 19.2 Å². The number of nitrogens with two attached hydrogens (primary N) is 2. The van der Waals surface area contributed by atoms with Crippen molar-refractivity contribution in [3.63, 3.8) is 0 Å². The third kappa shape index (κ3) is 9.34. The van der Waals surface area contributed by atoms with E-state index in [9.17, 15) is 29.1 Å². The van der Waals surface area contributed by atoms with Gasteiger partial charge in [-0.15, -0.1) is 0 Å². The highest BCUT2D eigenvalue weighted by Gasteiger charge is 2.30. The average Bonchev–Trinajstić information content (AvgIpc) is 3.23. The molecule has 0 radical (unpaired) electrons. The Morgan fingerprint density at radius 3 is 2.31 bits per heavy atom. The van der Waals surface area contributed by atoms with Gasteiger partial charge in [0.1, 0.15) is 18.1 Å². The van der Waals surface area contributed by atoms with Gasteiger partial charge in [0, 0.05) is 18.3 Å². The van der Waals surface area contributed by atoms with Gasteiger partial charge in [-0.05, 0) is 25.4 Å². The minimum atomic E-state index is -1.56. The number of carbonyl (C=O) groups excluding carboxylic acids is 4. The lowest BCUT2D eigenvalue weighted by molar-refractivity contribution is -0.143. The smallest absolute Gasteiger partial charge is 0.326 e. The van der Waals surface area contributed by atoms with Crippen molar-refractivity contribution in [1.82, 2.24) is 25.9 Å². The van der Waals surface area contributed by atoms with Crippen LogP contribution in [0.4, 0.5) is 0 Å². The number of aromatic nitrogens is 2. The van der Waals surface area contributed by atoms with Crippen LogP contribution in [0.2, 0.25) is 0 Å². The normalized spacial score (nSPS) is 14.5. The standard InChI is InChI=1S/C18H29N7O6S/c1-9(23-16(28)11(19)3-4-32-2)15(27)24-12(5-10-7-21-8-22-10)17(29)25-13(18(30)31)6-14(20)26/h7-9,11-13H,3-6,19H2,1-2H3,(H2,20,26)(H,21,22)(H,23,28)(H,24,27)(H,25,29)(H,30,31). The second kappa shape index (κ2) is 13.3. The Morgan fingerprint density at radius 2 is 1.78 bits per heavy atom. The number of carboxylic acid groups (broad SMARTS) is 1. The first kappa shape index (κ1) is 26.9. The molecule has 0 bridgehead atoms. The van der Waals surface area contributed by atoms with Gasteiger partial charge in [-0.2, -0.15) is 11.8 Å². The first-order chi connectivity index (χ1) is 15.0. The second-order valence-electron chi connectivity index (χ2n) is 7.03. The van der Waals surface area contributed by atoms with Crippen LogP contribution in [0.3, 0.4) is 0 Å². The van der Waals surface area contributed by atoms with E-state index < -0.39 is 60.2 Å². The Bertz CT molecular complexity index is 804. The molecule has 1 heterocycles. The number of nitrogens with zero attached hydrogens (tertiary/aromatic N) is 1. The van der Waals surface area contributed by atoms with Gasteiger partial charge in [-0.1, -0.05) is 0 Å². The third-order valence-electron chi connectivity index (χ3n) is 4.35. The Hall–Kier alpha value is -3.13. The molecule has 4 unspecified atom stereocenters. The van der Waals surface area contributed by atoms with E-state index in [1.807, 2.05) is 6.26 Å². The number of hydrogen-bond donors (Lipinski definition) is 7. The summed E-state index contributed by atoms with van der Waals surface area (Å²) in [5.74, 6) is -3.74. The molecule has 0 saturated carbocycles. The van der Waals surface area contributed by atoms with Crippen molar-refractivity contribution in [3.05, 3.63) is 18.2 Å². The van der Waals surface area contributed by atoms with Crippen LogP contribution in [0, 0.1) is 0 Å². The van der Waals surface area contributed by atoms with Crippen molar-refractivity contribution in [3.8, 4) is 0 Å². The number of aliphatic carboxylic acids is 1. The van der Waals surface area contributed by atoms with Crippen LogP contribution in [0.5, 0.6) is 0 Å². The van der Waals surface area contributed by atoms with Crippen molar-refractivity contribution in [2.75, 3.05) is 12.0 Å². The van der Waals surface area contributed by atoms with Gasteiger partial charge in [0.05, 0.1) is 18.8 Å². The van der Waals surface area contributed by atoms with Gasteiger partial charge in [0.2, 0.25) is 23.6 Å². The summed E-state index contributed by atoms with van der Waals surface area (Å²) in [6.07, 6.45) is 4.45. The van der Waals surface area contributed by atoms with E-state index in [2.05, 4.69) is 25.9 Å². The first-order valence-corrected chi connectivity index (χ1v) is 11.1. The Labute approximate surface area is 188 Å². The maximum absolute atomic E-state index is 12.7. The van der Waals surface area contributed by atoms with Crippen LogP contribution in [0.1, 0.15) is 25.5 Å². The van der Waals surface area contributed by atoms with Crippen molar-refractivity contribution < 1.29 is 29.1 Å². The summed E-state index contributed by atoms with van der Waals surface area (Å²) >= 11 is 1.53. The second-order valence-corrected chi connectivity index (χ2v) is 8.02. The molecule has 4 amide bonds. The summed E-state index contributed by atoms with van der Waals surface area (Å²) in [5, 5.41) is 16.4. The monoisotopic (exact) mass is 471 g/mol. The number of aromatic amines is 1. The number of rotatable bonds is 14. The van der Waals surface area contributed by atoms with E-state index >= 15 is 0 Å². The lowest BCUT2D eigenvalue weighted by atomic mass is 10.1. The van der Waals surface area contributed by atoms with E-state index in [1.54, 1.807) is 0 Å². The fraction of sp³-hybridized carbons (Fsp3) is 0.556. The molecule has 0 aliphatic rings. The minimum Gasteiger partial charge on any atom is -0.480 e. The summed E-state index contributed by atoms with van der Waals surface area (Å²) in [6, 6.07) is -4.58. The molecule has 178 valence electrons. The molecule has 0 saturated heterocycles. The van der Waals surface area contributed by atoms with E-state index in [1.165, 1.54) is 31.2 Å². The number of primary amides is 1. The van der Waals surface area contributed by atoms with Crippen molar-refractivity contribution >= 4 is 41.4 Å². The van der Waals surface area contributed by atoms with Gasteiger partial charge < -0.3 is 37.5 Å². The zero-order valence-electron chi connectivity index (χ0n) is 17.8. The molecule has 1 aromatic heterocycles. The summed E-state index contributed by atoms with van der Waals surface area (Å²) in [5.41, 5.74) is 11.3. The lowest BCUT2D eigenvalue weighted by Crippen LogP contribution is -2.57. The Kier molecular flexibility index (Phi) is 11.2. The molecule has 4 atom stereocenters. The third-order valence-corrected chi connectivity index (χ3v) is 5.00. The molecule has 13 nitrogen and oxygen atoms in total. The van der Waals surface area contributed by atoms with Gasteiger partial charge in [0.25, 0.3) is 0 Å². The summed E-state index contributed by atoms with van der Waals surface area (Å²) in [7, 11) is 0. The molecule has 14 heteroatoms. The number of nitrogens with one attached hydrogen (secondary N) is 4. The molecule has 1 rings (SSSR count). The molecule has 0 spiro atoms. The number of thioether (sulfide) groups is 1. The van der Waals surface area contributed by atoms with Crippen LogP contribution >= 0.6 is 11.8 Å². The van der Waals surface area contributed by atoms with Gasteiger partial charge in [-0.25, -0.2) is 9.78 Å². The van der Waals surface area contributed by atoms with E-state index in [0.717, 1.165) is 0 Å². The van der Waals surface area contributed by atoms with E-state index in [4.69, 9.17) is 11.5 Å². The lowest BCUT2D eigenvalue weighted by Gasteiger charge is -2.23. The van der Waals surface area contributed by atoms with Crippen LogP contribution < -0.4 is 27.4 Å². The zero-order valence-corrected chi connectivity index (χ0v) is 18.6. The predicted octanol–water partition coefficient (Wildman–Crippen LogP) is -2.53. The number of imidazole rings is 1. The maximum atomic E-state index is 12.7. The molecule has 0 aliphatic heterocycles. The number of amides is 4. The molecule has 9 N–H and O–H groups in total. The van der Waals surface area contributed by atoms with Crippen molar-refractivity contribution in [2.24, 2.45) is 11.5 Å². The molecular weight excluding hydrogens is 442 g/mol. The minimum absolute atomic E-state index is 0.0472. The highest BCUT2D eigenvalue weighted by Crippen LogP contribution is 2.03. The quantitative estimate of drug-likeness (QED) is 0.152. The zero-order chi connectivity index (χ0) is 24.3. The maximum Gasteiger partial charge on any atom is 0.326 e. The highest BCUT2D eigenvalue weighted by molar-refractivity contribution is 7.98. The Morgan fingerprint density at radius 1 is 1.12 bits per heavy atom. The number of carbonyl (C=O) groups is 5. The summed E-state index contributed by atoms with van der Waals surface area (Å²) in [6.45, 7) is 1.42. The van der Waals surface area contributed by atoms with Crippen LogP contribution in [-0.2, 0) is 30.4 Å². The van der Waals surface area contributed by atoms with Crippen LogP contribution in [-0.4, -0.2) is 80.8 Å².